The number of alkyl halides is 3. The van der Waals surface area contributed by atoms with Crippen molar-refractivity contribution in [2.75, 3.05) is 13.2 Å². The van der Waals surface area contributed by atoms with Crippen molar-refractivity contribution >= 4 is 11.9 Å². The van der Waals surface area contributed by atoms with E-state index in [4.69, 9.17) is 9.47 Å². The zero-order valence-corrected chi connectivity index (χ0v) is 21.9. The predicted molar refractivity (Wildman–Crippen MR) is 143 cm³/mol. The molecule has 2 atom stereocenters. The van der Waals surface area contributed by atoms with Gasteiger partial charge in [-0.1, -0.05) is 48.5 Å². The number of carbonyl (C=O) groups is 2. The molecule has 2 heterocycles. The summed E-state index contributed by atoms with van der Waals surface area (Å²) in [5.41, 5.74) is 5.12. The molecular weight excluding hydrogens is 519 g/mol. The summed E-state index contributed by atoms with van der Waals surface area (Å²) >= 11 is 0. The number of ether oxygens (including phenoxy) is 2. The van der Waals surface area contributed by atoms with Crippen molar-refractivity contribution < 1.29 is 32.2 Å². The lowest BCUT2D eigenvalue weighted by molar-refractivity contribution is -0.153. The first-order valence-corrected chi connectivity index (χ1v) is 13.8. The van der Waals surface area contributed by atoms with E-state index < -0.39 is 12.8 Å². The maximum absolute atomic E-state index is 13.4. The Balaban J connectivity index is 1.10. The Morgan fingerprint density at radius 3 is 1.98 bits per heavy atom. The highest BCUT2D eigenvalue weighted by molar-refractivity contribution is 5.98. The summed E-state index contributed by atoms with van der Waals surface area (Å²) in [6.07, 6.45) is -1.03. The van der Waals surface area contributed by atoms with Gasteiger partial charge in [-0.25, -0.2) is 4.79 Å². The third kappa shape index (κ3) is 5.19. The molecule has 2 aliphatic heterocycles. The minimum Gasteiger partial charge on any atom is -0.484 e. The van der Waals surface area contributed by atoms with Crippen LogP contribution < -0.4 is 4.74 Å². The molecule has 8 heteroatoms. The topological polar surface area (TPSA) is 55.8 Å². The van der Waals surface area contributed by atoms with E-state index in [9.17, 15) is 22.8 Å². The van der Waals surface area contributed by atoms with E-state index in [2.05, 4.69) is 24.3 Å². The normalized spacial score (nSPS) is 21.9. The molecule has 3 aromatic carbocycles. The Morgan fingerprint density at radius 1 is 0.825 bits per heavy atom. The van der Waals surface area contributed by atoms with Gasteiger partial charge in [-0.2, -0.15) is 13.2 Å². The Kier molecular flexibility index (Phi) is 7.02. The first-order chi connectivity index (χ1) is 19.3. The zero-order valence-electron chi connectivity index (χ0n) is 21.9. The maximum atomic E-state index is 13.4. The van der Waals surface area contributed by atoms with Gasteiger partial charge < -0.3 is 14.4 Å². The highest BCUT2D eigenvalue weighted by atomic mass is 19.4. The summed E-state index contributed by atoms with van der Waals surface area (Å²) in [6, 6.07) is 22.1. The highest BCUT2D eigenvalue weighted by Gasteiger charge is 2.44. The van der Waals surface area contributed by atoms with Crippen molar-refractivity contribution in [3.63, 3.8) is 0 Å². The molecule has 0 aromatic heterocycles. The number of halogens is 3. The second-order valence-corrected chi connectivity index (χ2v) is 10.9. The van der Waals surface area contributed by atoms with E-state index in [0.29, 0.717) is 18.4 Å². The minimum absolute atomic E-state index is 0.0154. The van der Waals surface area contributed by atoms with Gasteiger partial charge in [0.2, 0.25) is 0 Å². The van der Waals surface area contributed by atoms with Crippen molar-refractivity contribution in [1.29, 1.82) is 0 Å². The molecule has 2 unspecified atom stereocenters. The average Bonchev–Trinajstić information content (AvgIpc) is 3.27. The lowest BCUT2D eigenvalue weighted by Gasteiger charge is -2.47. The number of Topliss-reactive ketones (excluding diaryl/α,β-unsaturated/α-hetero) is 1. The third-order valence-corrected chi connectivity index (χ3v) is 8.43. The van der Waals surface area contributed by atoms with Gasteiger partial charge in [0, 0.05) is 29.5 Å². The lowest BCUT2D eigenvalue weighted by atomic mass is 9.76. The Bertz CT molecular complexity index is 1340. The molecule has 208 valence electrons. The fourth-order valence-electron chi connectivity index (χ4n) is 6.68. The van der Waals surface area contributed by atoms with Crippen molar-refractivity contribution in [3.8, 4) is 16.9 Å². The number of fused-ring (bicyclic) bond motifs is 5. The first-order valence-electron chi connectivity index (χ1n) is 13.8. The summed E-state index contributed by atoms with van der Waals surface area (Å²) < 4.78 is 48.0. The molecule has 0 N–H and O–H groups in total. The van der Waals surface area contributed by atoms with Gasteiger partial charge in [0.1, 0.15) is 12.4 Å². The van der Waals surface area contributed by atoms with Gasteiger partial charge in [0.05, 0.1) is 0 Å². The predicted octanol–water partition coefficient (Wildman–Crippen LogP) is 7.39. The van der Waals surface area contributed by atoms with Crippen LogP contribution in [0, 0.1) is 5.92 Å². The fourth-order valence-corrected chi connectivity index (χ4v) is 6.68. The zero-order chi connectivity index (χ0) is 27.9. The minimum atomic E-state index is -4.42. The molecule has 0 saturated carbocycles. The molecule has 1 amide bonds. The molecule has 0 spiro atoms. The molecule has 5 nitrogen and oxygen atoms in total. The van der Waals surface area contributed by atoms with Crippen LogP contribution in [-0.2, 0) is 4.74 Å². The van der Waals surface area contributed by atoms with Crippen LogP contribution in [0.2, 0.25) is 0 Å². The Hall–Kier alpha value is -3.81. The molecule has 6 rings (SSSR count). The summed E-state index contributed by atoms with van der Waals surface area (Å²) in [4.78, 5) is 28.6. The van der Waals surface area contributed by atoms with Crippen molar-refractivity contribution in [2.24, 2.45) is 5.92 Å². The molecule has 2 fully saturated rings. The largest absolute Gasteiger partial charge is 0.484 e. The number of piperidine rings is 2. The standard InChI is InChI=1S/C32H30F3NO4/c33-32(34,35)19-40-24-14-12-20(13-15-24)30(37)21-16-22-6-5-7-23(17-21)36(22)31(38)39-18-29-27-10-3-1-8-25(27)26-9-2-4-11-28(26)29/h1-4,8-15,21-23,29H,5-7,16-19H2. The van der Waals surface area contributed by atoms with Gasteiger partial charge in [0.15, 0.2) is 12.4 Å². The number of benzene rings is 3. The van der Waals surface area contributed by atoms with E-state index in [-0.39, 0.29) is 48.2 Å². The fraction of sp³-hybridized carbons (Fsp3) is 0.375. The van der Waals surface area contributed by atoms with Gasteiger partial charge >= 0.3 is 12.3 Å². The molecule has 2 bridgehead atoms. The first kappa shape index (κ1) is 26.4. The van der Waals surface area contributed by atoms with Gasteiger partial charge in [-0.05, 0) is 78.6 Å². The van der Waals surface area contributed by atoms with Crippen molar-refractivity contribution in [3.05, 3.63) is 89.5 Å². The second-order valence-electron chi connectivity index (χ2n) is 10.9. The number of nitrogens with zero attached hydrogens (tertiary/aromatic N) is 1. The molecule has 40 heavy (non-hydrogen) atoms. The quantitative estimate of drug-likeness (QED) is 0.301. The number of carbonyl (C=O) groups excluding carboxylic acids is 2. The summed E-state index contributed by atoms with van der Waals surface area (Å²) in [7, 11) is 0. The van der Waals surface area contributed by atoms with Gasteiger partial charge in [-0.15, -0.1) is 0 Å². The average molecular weight is 550 g/mol. The van der Waals surface area contributed by atoms with E-state index in [1.807, 2.05) is 29.2 Å². The molecule has 1 aliphatic carbocycles. The molecule has 2 saturated heterocycles. The molecular formula is C32H30F3NO4. The number of ketones is 1. The Labute approximate surface area is 230 Å². The van der Waals surface area contributed by atoms with Crippen LogP contribution in [0.5, 0.6) is 5.75 Å². The van der Waals surface area contributed by atoms with E-state index in [0.717, 1.165) is 30.4 Å². The summed E-state index contributed by atoms with van der Waals surface area (Å²) in [5, 5.41) is 0. The second kappa shape index (κ2) is 10.6. The number of hydrogen-bond acceptors (Lipinski definition) is 4. The SMILES string of the molecule is O=C(c1ccc(OCC(F)(F)F)cc1)C1CC2CCCC(C1)N2C(=O)OCC1c2ccccc2-c2ccccc21. The van der Waals surface area contributed by atoms with E-state index in [1.165, 1.54) is 35.4 Å². The lowest BCUT2D eigenvalue weighted by Crippen LogP contribution is -2.55. The van der Waals surface area contributed by atoms with Crippen LogP contribution in [0.3, 0.4) is 0 Å². The molecule has 3 aliphatic rings. The van der Waals surface area contributed by atoms with Crippen LogP contribution in [-0.4, -0.2) is 48.3 Å². The van der Waals surface area contributed by atoms with Crippen LogP contribution in [0.4, 0.5) is 18.0 Å². The van der Waals surface area contributed by atoms with Gasteiger partial charge in [-0.3, -0.25) is 4.79 Å². The number of hydrogen-bond donors (Lipinski definition) is 0. The monoisotopic (exact) mass is 549 g/mol. The van der Waals surface area contributed by atoms with E-state index >= 15 is 0 Å². The van der Waals surface area contributed by atoms with Crippen LogP contribution in [0.15, 0.2) is 72.8 Å². The van der Waals surface area contributed by atoms with Crippen molar-refractivity contribution in [1.82, 2.24) is 4.90 Å². The smallest absolute Gasteiger partial charge is 0.422 e. The maximum Gasteiger partial charge on any atom is 0.422 e. The Morgan fingerprint density at radius 2 is 1.40 bits per heavy atom. The summed E-state index contributed by atoms with van der Waals surface area (Å²) in [6.45, 7) is -1.12. The van der Waals surface area contributed by atoms with Crippen molar-refractivity contribution in [2.45, 2.75) is 56.3 Å². The number of amides is 1. The molecule has 0 radical (unpaired) electrons. The van der Waals surface area contributed by atoms with Crippen LogP contribution >= 0.6 is 0 Å². The number of rotatable bonds is 6. The summed E-state index contributed by atoms with van der Waals surface area (Å²) in [5.74, 6) is -0.254. The highest BCUT2D eigenvalue weighted by Crippen LogP contribution is 2.45. The van der Waals surface area contributed by atoms with E-state index in [1.54, 1.807) is 0 Å². The third-order valence-electron chi connectivity index (χ3n) is 8.43. The van der Waals surface area contributed by atoms with Gasteiger partial charge in [0.25, 0.3) is 0 Å². The van der Waals surface area contributed by atoms with Crippen LogP contribution in [0.25, 0.3) is 11.1 Å². The van der Waals surface area contributed by atoms with Crippen LogP contribution in [0.1, 0.15) is 59.5 Å². The molecule has 3 aromatic rings.